The molecule has 2 N–H and O–H groups in total. The normalized spacial score (nSPS) is 37.1. The lowest BCUT2D eigenvalue weighted by atomic mass is 9.45. The van der Waals surface area contributed by atoms with Crippen LogP contribution >= 0.6 is 0 Å². The molecule has 3 fully saturated rings. The molecule has 0 spiro atoms. The summed E-state index contributed by atoms with van der Waals surface area (Å²) >= 11 is 0. The lowest BCUT2D eigenvalue weighted by Crippen LogP contribution is -2.55. The number of aromatic nitrogens is 1. The molecule has 0 amide bonds. The Morgan fingerprint density at radius 3 is 2.57 bits per heavy atom. The van der Waals surface area contributed by atoms with Gasteiger partial charge in [-0.05, 0) is 103 Å². The molecule has 0 bridgehead atoms. The Morgan fingerprint density at radius 2 is 1.81 bits per heavy atom. The maximum absolute atomic E-state index is 12.5. The monoisotopic (exact) mass is 497 g/mol. The number of carbonyl (C=O) groups is 1. The van der Waals surface area contributed by atoms with Gasteiger partial charge in [-0.25, -0.2) is 0 Å². The van der Waals surface area contributed by atoms with E-state index in [1.165, 1.54) is 16.7 Å². The summed E-state index contributed by atoms with van der Waals surface area (Å²) in [6.07, 6.45) is 17.9. The Labute approximate surface area is 220 Å². The largest absolute Gasteiger partial charge is 0.392 e. The molecule has 1 heterocycles. The number of aliphatic hydroxyl groups is 2. The number of nitrogens with zero attached hydrogens (tertiary/aromatic N) is 1. The van der Waals surface area contributed by atoms with Crippen molar-refractivity contribution < 1.29 is 15.0 Å². The minimum atomic E-state index is -0.834. The van der Waals surface area contributed by atoms with Crippen molar-refractivity contribution in [1.29, 1.82) is 0 Å². The number of hydrogen-bond acceptors (Lipinski definition) is 4. The highest BCUT2D eigenvalue weighted by Crippen LogP contribution is 2.68. The van der Waals surface area contributed by atoms with Crippen molar-refractivity contribution >= 4 is 5.78 Å². The molecule has 4 aliphatic carbocycles. The van der Waals surface area contributed by atoms with Crippen molar-refractivity contribution in [2.24, 2.45) is 28.6 Å². The van der Waals surface area contributed by atoms with Gasteiger partial charge in [0, 0.05) is 24.2 Å². The molecule has 2 aromatic rings. The zero-order valence-corrected chi connectivity index (χ0v) is 21.9. The highest BCUT2D eigenvalue weighted by molar-refractivity contribution is 5.91. The summed E-state index contributed by atoms with van der Waals surface area (Å²) in [4.78, 5) is 16.8. The fourth-order valence-electron chi connectivity index (χ4n) is 8.98. The van der Waals surface area contributed by atoms with E-state index < -0.39 is 5.60 Å². The van der Waals surface area contributed by atoms with Crippen LogP contribution in [0.5, 0.6) is 0 Å². The molecule has 6 rings (SSSR count). The fourth-order valence-corrected chi connectivity index (χ4v) is 8.98. The van der Waals surface area contributed by atoms with Crippen LogP contribution in [-0.2, 0) is 11.2 Å². The first-order valence-electron chi connectivity index (χ1n) is 14.1. The van der Waals surface area contributed by atoms with E-state index in [0.29, 0.717) is 30.0 Å². The summed E-state index contributed by atoms with van der Waals surface area (Å²) in [5.41, 5.74) is 4.09. The molecular weight excluding hydrogens is 458 g/mol. The Balaban J connectivity index is 1.33. The van der Waals surface area contributed by atoms with Gasteiger partial charge in [0.05, 0.1) is 12.2 Å². The van der Waals surface area contributed by atoms with Gasteiger partial charge in [-0.15, -0.1) is 0 Å². The Kier molecular flexibility index (Phi) is 6.24. The van der Waals surface area contributed by atoms with E-state index in [2.05, 4.69) is 42.2 Å². The third-order valence-corrected chi connectivity index (χ3v) is 10.9. The zero-order chi connectivity index (χ0) is 25.7. The maximum Gasteiger partial charge on any atom is 0.155 e. The van der Waals surface area contributed by atoms with E-state index in [9.17, 15) is 15.0 Å². The van der Waals surface area contributed by atoms with Gasteiger partial charge in [-0.1, -0.05) is 55.0 Å². The quantitative estimate of drug-likeness (QED) is 0.491. The predicted molar refractivity (Wildman–Crippen MR) is 146 cm³/mol. The van der Waals surface area contributed by atoms with Gasteiger partial charge < -0.3 is 10.2 Å². The van der Waals surface area contributed by atoms with E-state index in [1.807, 2.05) is 24.4 Å². The van der Waals surface area contributed by atoms with Crippen LogP contribution in [0.3, 0.4) is 0 Å². The Hall–Kier alpha value is -2.56. The number of aliphatic hydroxyl groups excluding tert-OH is 1. The first-order valence-corrected chi connectivity index (χ1v) is 14.1. The van der Waals surface area contributed by atoms with Crippen molar-refractivity contribution in [3.63, 3.8) is 0 Å². The summed E-state index contributed by atoms with van der Waals surface area (Å²) in [7, 11) is 0. The van der Waals surface area contributed by atoms with E-state index in [0.717, 1.165) is 56.9 Å². The van der Waals surface area contributed by atoms with Crippen LogP contribution in [0.1, 0.15) is 63.9 Å². The molecule has 4 heteroatoms. The molecule has 1 aromatic carbocycles. The molecule has 6 atom stereocenters. The first kappa shape index (κ1) is 24.8. The van der Waals surface area contributed by atoms with Crippen LogP contribution in [-0.4, -0.2) is 33.2 Å². The average molecular weight is 498 g/mol. The van der Waals surface area contributed by atoms with Crippen molar-refractivity contribution in [3.05, 3.63) is 78.2 Å². The minimum absolute atomic E-state index is 0.0278. The third-order valence-electron chi connectivity index (χ3n) is 10.9. The molecule has 0 radical (unpaired) electrons. The fraction of sp³-hybridized carbons (Fsp3) is 0.515. The van der Waals surface area contributed by atoms with Crippen LogP contribution in [0.25, 0.3) is 11.1 Å². The summed E-state index contributed by atoms with van der Waals surface area (Å²) in [5.74, 6) is 1.88. The molecule has 0 aliphatic heterocycles. The lowest BCUT2D eigenvalue weighted by Gasteiger charge is -2.60. The number of allylic oxidation sites excluding steroid dienone is 1. The Bertz CT molecular complexity index is 1220. The van der Waals surface area contributed by atoms with E-state index in [4.69, 9.17) is 0 Å². The number of fused-ring (bicyclic) bond motifs is 5. The molecule has 1 aromatic heterocycles. The number of carbonyl (C=O) groups excluding carboxylic acids is 1. The minimum Gasteiger partial charge on any atom is -0.392 e. The summed E-state index contributed by atoms with van der Waals surface area (Å²) < 4.78 is 0. The third kappa shape index (κ3) is 3.95. The van der Waals surface area contributed by atoms with Gasteiger partial charge in [0.25, 0.3) is 0 Å². The standard InChI is InChI=1S/C33H39NO3/c1-31-15-12-30-28(29(31)13-17-33(31,37)14-3-19-35)10-9-26-20-27(36)11-16-32(26,30)21-23-5-7-24(8-6-23)25-4-2-18-34-22-25/h2-8,14,18,20,22,28-30,35,37H,9-13,15-17,19,21H2,1H3/t28-,29-,30+,31-,32+,33?/m0/s1. The van der Waals surface area contributed by atoms with Crippen molar-refractivity contribution in [1.82, 2.24) is 4.98 Å². The summed E-state index contributed by atoms with van der Waals surface area (Å²) in [6, 6.07) is 13.0. The van der Waals surface area contributed by atoms with E-state index >= 15 is 0 Å². The highest BCUT2D eigenvalue weighted by atomic mass is 16.3. The molecule has 37 heavy (non-hydrogen) atoms. The first-order chi connectivity index (χ1) is 17.9. The van der Waals surface area contributed by atoms with Crippen LogP contribution < -0.4 is 0 Å². The molecule has 194 valence electrons. The molecule has 4 aliphatic rings. The molecule has 4 nitrogen and oxygen atoms in total. The number of benzene rings is 1. The van der Waals surface area contributed by atoms with Gasteiger partial charge in [0.15, 0.2) is 5.78 Å². The summed E-state index contributed by atoms with van der Waals surface area (Å²) in [6.45, 7) is 2.27. The van der Waals surface area contributed by atoms with Gasteiger partial charge in [-0.2, -0.15) is 0 Å². The van der Waals surface area contributed by atoms with Crippen LogP contribution in [0.15, 0.2) is 72.6 Å². The Morgan fingerprint density at radius 1 is 1.00 bits per heavy atom. The maximum atomic E-state index is 12.5. The molecule has 3 saturated carbocycles. The lowest BCUT2D eigenvalue weighted by molar-refractivity contribution is -0.121. The van der Waals surface area contributed by atoms with Gasteiger partial charge in [0.1, 0.15) is 0 Å². The average Bonchev–Trinajstić information content (AvgIpc) is 3.19. The van der Waals surface area contributed by atoms with Crippen LogP contribution in [0.2, 0.25) is 0 Å². The second kappa shape index (κ2) is 9.32. The highest BCUT2D eigenvalue weighted by Gasteiger charge is 2.63. The van der Waals surface area contributed by atoms with Gasteiger partial charge >= 0.3 is 0 Å². The molecular formula is C33H39NO3. The van der Waals surface area contributed by atoms with Crippen LogP contribution in [0.4, 0.5) is 0 Å². The van der Waals surface area contributed by atoms with Crippen molar-refractivity contribution in [2.45, 2.75) is 70.3 Å². The van der Waals surface area contributed by atoms with E-state index in [1.54, 1.807) is 12.3 Å². The van der Waals surface area contributed by atoms with Crippen molar-refractivity contribution in [2.75, 3.05) is 6.61 Å². The second-order valence-electron chi connectivity index (χ2n) is 12.3. The number of rotatable bonds is 5. The second-order valence-corrected chi connectivity index (χ2v) is 12.3. The van der Waals surface area contributed by atoms with Crippen molar-refractivity contribution in [3.8, 4) is 11.1 Å². The SMILES string of the molecule is C[C@]12CC[C@@H]3[C@@H](CCC4=CC(=O)CC[C@@]43Cc3ccc(-c4cccnc4)cc3)[C@@H]1CCC2(O)C=CCO. The summed E-state index contributed by atoms with van der Waals surface area (Å²) in [5, 5.41) is 21.1. The van der Waals surface area contributed by atoms with Gasteiger partial charge in [0.2, 0.25) is 0 Å². The van der Waals surface area contributed by atoms with Gasteiger partial charge in [-0.3, -0.25) is 9.78 Å². The van der Waals surface area contributed by atoms with E-state index in [-0.39, 0.29) is 17.4 Å². The number of ketones is 1. The molecule has 0 saturated heterocycles. The smallest absolute Gasteiger partial charge is 0.155 e. The molecule has 1 unspecified atom stereocenters. The number of pyridine rings is 1. The zero-order valence-electron chi connectivity index (χ0n) is 21.9. The topological polar surface area (TPSA) is 70.4 Å². The predicted octanol–water partition coefficient (Wildman–Crippen LogP) is 6.08. The number of hydrogen-bond donors (Lipinski definition) is 2. The van der Waals surface area contributed by atoms with Crippen LogP contribution in [0, 0.1) is 28.6 Å².